The quantitative estimate of drug-likeness (QED) is 0.450. The summed E-state index contributed by atoms with van der Waals surface area (Å²) in [6, 6.07) is 0. The van der Waals surface area contributed by atoms with Crippen LogP contribution in [-0.4, -0.2) is 0 Å². The van der Waals surface area contributed by atoms with Crippen molar-refractivity contribution in [3.05, 3.63) is 11.6 Å². The second-order valence-corrected chi connectivity index (χ2v) is 3.52. The fourth-order valence-electron chi connectivity index (χ4n) is 1.88. The Balaban J connectivity index is 2.60. The zero-order valence-corrected chi connectivity index (χ0v) is 7.35. The molecular weight excluding hydrogens is 120 g/mol. The molecule has 0 bridgehead atoms. The van der Waals surface area contributed by atoms with Crippen LogP contribution in [0.1, 0.15) is 40.0 Å². The lowest BCUT2D eigenvalue weighted by Gasteiger charge is -2.28. The molecule has 1 rings (SSSR count). The molecule has 0 N–H and O–H groups in total. The van der Waals surface area contributed by atoms with Crippen LogP contribution in [0.15, 0.2) is 11.6 Å². The lowest BCUT2D eigenvalue weighted by molar-refractivity contribution is 0.349. The summed E-state index contributed by atoms with van der Waals surface area (Å²) >= 11 is 0. The van der Waals surface area contributed by atoms with Gasteiger partial charge in [-0.25, -0.2) is 0 Å². The standard InChI is InChI=1S/C10H18/c1-4-10-7-5-6-8(2)9(10)3/h4,8-9H,5-7H2,1-3H3. The first kappa shape index (κ1) is 7.84. The third kappa shape index (κ3) is 1.42. The number of hydrogen-bond donors (Lipinski definition) is 0. The lowest BCUT2D eigenvalue weighted by atomic mass is 9.78. The number of rotatable bonds is 0. The SMILES string of the molecule is CC=C1CCCC(C)C1C. The summed E-state index contributed by atoms with van der Waals surface area (Å²) in [6.45, 7) is 6.90. The van der Waals surface area contributed by atoms with Gasteiger partial charge in [-0.2, -0.15) is 0 Å². The van der Waals surface area contributed by atoms with E-state index in [0.29, 0.717) is 0 Å². The largest absolute Gasteiger partial charge is 0.0882 e. The molecule has 0 spiro atoms. The van der Waals surface area contributed by atoms with Crippen molar-refractivity contribution in [2.24, 2.45) is 11.8 Å². The molecule has 0 saturated heterocycles. The zero-order chi connectivity index (χ0) is 7.56. The van der Waals surface area contributed by atoms with Gasteiger partial charge in [-0.1, -0.05) is 25.5 Å². The van der Waals surface area contributed by atoms with E-state index in [9.17, 15) is 0 Å². The molecule has 2 atom stereocenters. The van der Waals surface area contributed by atoms with E-state index in [2.05, 4.69) is 26.8 Å². The highest BCUT2D eigenvalue weighted by atomic mass is 14.3. The van der Waals surface area contributed by atoms with Gasteiger partial charge in [0.05, 0.1) is 0 Å². The lowest BCUT2D eigenvalue weighted by Crippen LogP contribution is -2.15. The molecule has 0 nitrogen and oxygen atoms in total. The van der Waals surface area contributed by atoms with Gasteiger partial charge in [0.1, 0.15) is 0 Å². The summed E-state index contributed by atoms with van der Waals surface area (Å²) in [6.07, 6.45) is 6.49. The van der Waals surface area contributed by atoms with Gasteiger partial charge in [0.15, 0.2) is 0 Å². The molecule has 1 aliphatic rings. The molecule has 10 heavy (non-hydrogen) atoms. The molecule has 1 saturated carbocycles. The van der Waals surface area contributed by atoms with Gasteiger partial charge < -0.3 is 0 Å². The van der Waals surface area contributed by atoms with Gasteiger partial charge in [-0.05, 0) is 38.0 Å². The minimum Gasteiger partial charge on any atom is -0.0882 e. The molecule has 1 aliphatic carbocycles. The predicted octanol–water partition coefficient (Wildman–Crippen LogP) is 3.39. The molecule has 1 fully saturated rings. The summed E-state index contributed by atoms with van der Waals surface area (Å²) in [5, 5.41) is 0. The normalized spacial score (nSPS) is 38.5. The van der Waals surface area contributed by atoms with E-state index in [1.165, 1.54) is 19.3 Å². The van der Waals surface area contributed by atoms with Crippen molar-refractivity contribution in [3.63, 3.8) is 0 Å². The highest BCUT2D eigenvalue weighted by Gasteiger charge is 2.20. The first-order chi connectivity index (χ1) is 4.75. The Hall–Kier alpha value is -0.260. The van der Waals surface area contributed by atoms with Crippen molar-refractivity contribution in [3.8, 4) is 0 Å². The minimum absolute atomic E-state index is 0.846. The molecule has 0 heterocycles. The Morgan fingerprint density at radius 3 is 2.60 bits per heavy atom. The number of hydrogen-bond acceptors (Lipinski definition) is 0. The first-order valence-corrected chi connectivity index (χ1v) is 4.40. The van der Waals surface area contributed by atoms with E-state index in [1.807, 2.05) is 0 Å². The summed E-state index contributed by atoms with van der Waals surface area (Å²) < 4.78 is 0. The molecule has 0 aromatic heterocycles. The predicted molar refractivity (Wildman–Crippen MR) is 45.9 cm³/mol. The van der Waals surface area contributed by atoms with Gasteiger partial charge in [0, 0.05) is 0 Å². The fourth-order valence-corrected chi connectivity index (χ4v) is 1.88. The van der Waals surface area contributed by atoms with E-state index in [0.717, 1.165) is 11.8 Å². The van der Waals surface area contributed by atoms with Gasteiger partial charge >= 0.3 is 0 Å². The van der Waals surface area contributed by atoms with Crippen LogP contribution in [0.5, 0.6) is 0 Å². The van der Waals surface area contributed by atoms with Gasteiger partial charge in [0.2, 0.25) is 0 Å². The van der Waals surface area contributed by atoms with E-state index in [1.54, 1.807) is 5.57 Å². The molecule has 0 aliphatic heterocycles. The Bertz CT molecular complexity index is 133. The van der Waals surface area contributed by atoms with Crippen LogP contribution in [0.3, 0.4) is 0 Å². The van der Waals surface area contributed by atoms with Crippen LogP contribution >= 0.6 is 0 Å². The molecule has 0 radical (unpaired) electrons. The monoisotopic (exact) mass is 138 g/mol. The van der Waals surface area contributed by atoms with Crippen LogP contribution in [0, 0.1) is 11.8 Å². The summed E-state index contributed by atoms with van der Waals surface area (Å²) in [4.78, 5) is 0. The van der Waals surface area contributed by atoms with Crippen molar-refractivity contribution in [1.29, 1.82) is 0 Å². The molecule has 0 aromatic rings. The van der Waals surface area contributed by atoms with Gasteiger partial charge in [-0.15, -0.1) is 0 Å². The minimum atomic E-state index is 0.846. The second-order valence-electron chi connectivity index (χ2n) is 3.52. The van der Waals surface area contributed by atoms with E-state index < -0.39 is 0 Å². The third-order valence-corrected chi connectivity index (χ3v) is 2.93. The Labute approximate surface area is 64.3 Å². The third-order valence-electron chi connectivity index (χ3n) is 2.93. The molecule has 0 amide bonds. The van der Waals surface area contributed by atoms with Crippen molar-refractivity contribution in [1.82, 2.24) is 0 Å². The van der Waals surface area contributed by atoms with Crippen LogP contribution in [0.4, 0.5) is 0 Å². The van der Waals surface area contributed by atoms with Gasteiger partial charge in [0.25, 0.3) is 0 Å². The maximum Gasteiger partial charge on any atom is -0.0206 e. The van der Waals surface area contributed by atoms with E-state index in [4.69, 9.17) is 0 Å². The Morgan fingerprint density at radius 2 is 2.10 bits per heavy atom. The van der Waals surface area contributed by atoms with Crippen LogP contribution < -0.4 is 0 Å². The summed E-state index contributed by atoms with van der Waals surface area (Å²) in [7, 11) is 0. The smallest absolute Gasteiger partial charge is 0.0206 e. The summed E-state index contributed by atoms with van der Waals surface area (Å²) in [5.41, 5.74) is 1.68. The maximum absolute atomic E-state index is 2.37. The van der Waals surface area contributed by atoms with Crippen molar-refractivity contribution < 1.29 is 0 Å². The summed E-state index contributed by atoms with van der Waals surface area (Å²) in [5.74, 6) is 1.76. The van der Waals surface area contributed by atoms with Crippen molar-refractivity contribution in [2.75, 3.05) is 0 Å². The van der Waals surface area contributed by atoms with E-state index >= 15 is 0 Å². The van der Waals surface area contributed by atoms with Crippen LogP contribution in [0.2, 0.25) is 0 Å². The average Bonchev–Trinajstić information content (AvgIpc) is 1.95. The topological polar surface area (TPSA) is 0 Å². The van der Waals surface area contributed by atoms with Crippen LogP contribution in [0.25, 0.3) is 0 Å². The molecule has 2 unspecified atom stereocenters. The number of allylic oxidation sites excluding steroid dienone is 2. The van der Waals surface area contributed by atoms with Gasteiger partial charge in [-0.3, -0.25) is 0 Å². The van der Waals surface area contributed by atoms with Crippen molar-refractivity contribution >= 4 is 0 Å². The highest BCUT2D eigenvalue weighted by Crippen LogP contribution is 2.33. The molecule has 58 valence electrons. The molecule has 0 heteroatoms. The zero-order valence-electron chi connectivity index (χ0n) is 7.35. The highest BCUT2D eigenvalue weighted by molar-refractivity contribution is 5.08. The average molecular weight is 138 g/mol. The second kappa shape index (κ2) is 3.23. The fraction of sp³-hybridized carbons (Fsp3) is 0.800. The first-order valence-electron chi connectivity index (χ1n) is 4.40. The maximum atomic E-state index is 2.37. The van der Waals surface area contributed by atoms with Crippen molar-refractivity contribution in [2.45, 2.75) is 40.0 Å². The Morgan fingerprint density at radius 1 is 1.40 bits per heavy atom. The van der Waals surface area contributed by atoms with Crippen LogP contribution in [-0.2, 0) is 0 Å². The van der Waals surface area contributed by atoms with E-state index in [-0.39, 0.29) is 0 Å². The molecule has 0 aromatic carbocycles. The Kier molecular flexibility index (Phi) is 2.53. The molecular formula is C10H18.